The minimum atomic E-state index is -0.433. The third kappa shape index (κ3) is 2.50. The van der Waals surface area contributed by atoms with Crippen LogP contribution in [-0.2, 0) is 0 Å². The van der Waals surface area contributed by atoms with Gasteiger partial charge in [-0.25, -0.2) is 4.79 Å². The van der Waals surface area contributed by atoms with Crippen molar-refractivity contribution < 1.29 is 4.42 Å². The van der Waals surface area contributed by atoms with Crippen molar-refractivity contribution in [2.45, 2.75) is 6.04 Å². The zero-order chi connectivity index (χ0) is 14.3. The van der Waals surface area contributed by atoms with E-state index in [1.165, 1.54) is 0 Å². The number of hydrogen-bond donors (Lipinski definition) is 2. The van der Waals surface area contributed by atoms with Crippen molar-refractivity contribution >= 4 is 54.3 Å². The van der Waals surface area contributed by atoms with Gasteiger partial charge in [-0.1, -0.05) is 6.07 Å². The van der Waals surface area contributed by atoms with E-state index in [1.807, 2.05) is 25.2 Å². The zero-order valence-electron chi connectivity index (χ0n) is 10.4. The van der Waals surface area contributed by atoms with Gasteiger partial charge in [0.1, 0.15) is 0 Å². The average molecular weight is 418 g/mol. The highest BCUT2D eigenvalue weighted by atomic mass is 79.9. The van der Waals surface area contributed by atoms with Crippen molar-refractivity contribution in [3.8, 4) is 0 Å². The molecule has 0 saturated carbocycles. The standard InChI is InChI=1S/C13H10Br2N2O2S/c1-16-11(7-5-10(14)20-12(7)15)6-2-3-8-9(4-6)19-13(18)17-8/h2-5,11,16H,1H3,(H,17,18). The number of oxazole rings is 1. The summed E-state index contributed by atoms with van der Waals surface area (Å²) in [5.74, 6) is -0.433. The lowest BCUT2D eigenvalue weighted by atomic mass is 10.0. The Morgan fingerprint density at radius 3 is 2.80 bits per heavy atom. The quantitative estimate of drug-likeness (QED) is 0.676. The van der Waals surface area contributed by atoms with Gasteiger partial charge in [0.25, 0.3) is 0 Å². The summed E-state index contributed by atoms with van der Waals surface area (Å²) in [4.78, 5) is 13.9. The van der Waals surface area contributed by atoms with E-state index in [0.29, 0.717) is 11.1 Å². The summed E-state index contributed by atoms with van der Waals surface area (Å²) in [6.45, 7) is 0. The maximum absolute atomic E-state index is 11.2. The van der Waals surface area contributed by atoms with Gasteiger partial charge in [0.05, 0.1) is 19.1 Å². The van der Waals surface area contributed by atoms with Crippen LogP contribution in [0.1, 0.15) is 17.2 Å². The average Bonchev–Trinajstić information content (AvgIpc) is 2.92. The summed E-state index contributed by atoms with van der Waals surface area (Å²) >= 11 is 8.70. The van der Waals surface area contributed by atoms with Crippen molar-refractivity contribution in [2.24, 2.45) is 0 Å². The Balaban J connectivity index is 2.11. The van der Waals surface area contributed by atoms with Crippen LogP contribution in [0, 0.1) is 0 Å². The molecule has 2 heterocycles. The molecule has 0 saturated heterocycles. The molecular formula is C13H10Br2N2O2S. The maximum atomic E-state index is 11.2. The number of H-pyrrole nitrogens is 1. The molecule has 0 aliphatic rings. The van der Waals surface area contributed by atoms with E-state index in [9.17, 15) is 4.79 Å². The molecule has 3 aromatic rings. The summed E-state index contributed by atoms with van der Waals surface area (Å²) in [6, 6.07) is 7.82. The summed E-state index contributed by atoms with van der Waals surface area (Å²) in [5, 5.41) is 3.29. The topological polar surface area (TPSA) is 58.0 Å². The van der Waals surface area contributed by atoms with E-state index >= 15 is 0 Å². The fourth-order valence-electron chi connectivity index (χ4n) is 2.19. The molecule has 0 amide bonds. The maximum Gasteiger partial charge on any atom is 0.417 e. The Morgan fingerprint density at radius 1 is 1.35 bits per heavy atom. The van der Waals surface area contributed by atoms with Gasteiger partial charge in [-0.05, 0) is 68.2 Å². The van der Waals surface area contributed by atoms with E-state index in [2.05, 4.69) is 48.2 Å². The van der Waals surface area contributed by atoms with Crippen LogP contribution in [-0.4, -0.2) is 12.0 Å². The van der Waals surface area contributed by atoms with Crippen LogP contribution < -0.4 is 11.1 Å². The van der Waals surface area contributed by atoms with Gasteiger partial charge in [-0.3, -0.25) is 4.98 Å². The molecule has 104 valence electrons. The molecule has 0 spiro atoms. The third-order valence-electron chi connectivity index (χ3n) is 3.06. The molecule has 1 unspecified atom stereocenters. The van der Waals surface area contributed by atoms with E-state index in [-0.39, 0.29) is 6.04 Å². The summed E-state index contributed by atoms with van der Waals surface area (Å²) in [7, 11) is 1.90. The lowest BCUT2D eigenvalue weighted by Gasteiger charge is -2.16. The number of nitrogens with one attached hydrogen (secondary N) is 2. The molecule has 20 heavy (non-hydrogen) atoms. The highest BCUT2D eigenvalue weighted by Gasteiger charge is 2.18. The number of fused-ring (bicyclic) bond motifs is 1. The molecular weight excluding hydrogens is 408 g/mol. The highest BCUT2D eigenvalue weighted by molar-refractivity contribution is 9.12. The molecule has 0 aliphatic carbocycles. The Hall–Kier alpha value is -0.890. The first kappa shape index (κ1) is 14.1. The van der Waals surface area contributed by atoms with E-state index < -0.39 is 5.76 Å². The Bertz CT molecular complexity index is 821. The molecule has 1 aromatic carbocycles. The van der Waals surface area contributed by atoms with Gasteiger partial charge in [-0.15, -0.1) is 11.3 Å². The summed E-state index contributed by atoms with van der Waals surface area (Å²) in [6.07, 6.45) is 0. The van der Waals surface area contributed by atoms with Crippen molar-refractivity contribution in [2.75, 3.05) is 7.05 Å². The second-order valence-corrected chi connectivity index (χ2v) is 8.02. The first-order chi connectivity index (χ1) is 9.58. The SMILES string of the molecule is CNC(c1ccc2[nH]c(=O)oc2c1)c1cc(Br)sc1Br. The Labute approximate surface area is 135 Å². The van der Waals surface area contributed by atoms with Crippen molar-refractivity contribution in [3.63, 3.8) is 0 Å². The van der Waals surface area contributed by atoms with Gasteiger partial charge in [-0.2, -0.15) is 0 Å². The Morgan fingerprint density at radius 2 is 2.15 bits per heavy atom. The van der Waals surface area contributed by atoms with Crippen LogP contribution in [0.2, 0.25) is 0 Å². The number of rotatable bonds is 3. The summed E-state index contributed by atoms with van der Waals surface area (Å²) < 4.78 is 7.25. The smallest absolute Gasteiger partial charge is 0.408 e. The van der Waals surface area contributed by atoms with Gasteiger partial charge in [0.15, 0.2) is 5.58 Å². The van der Waals surface area contributed by atoms with Crippen LogP contribution in [0.15, 0.2) is 41.0 Å². The van der Waals surface area contributed by atoms with E-state index in [0.717, 1.165) is 18.7 Å². The van der Waals surface area contributed by atoms with Crippen molar-refractivity contribution in [1.29, 1.82) is 0 Å². The van der Waals surface area contributed by atoms with Crippen LogP contribution in [0.3, 0.4) is 0 Å². The Kier molecular flexibility index (Phi) is 3.85. The summed E-state index contributed by atoms with van der Waals surface area (Å²) in [5.41, 5.74) is 3.45. The number of halogens is 2. The van der Waals surface area contributed by atoms with Gasteiger partial charge in [0.2, 0.25) is 0 Å². The second kappa shape index (κ2) is 5.48. The lowest BCUT2D eigenvalue weighted by molar-refractivity contribution is 0.554. The number of benzene rings is 1. The minimum Gasteiger partial charge on any atom is -0.408 e. The number of thiophene rings is 1. The molecule has 2 aromatic heterocycles. The third-order valence-corrected chi connectivity index (χ3v) is 5.45. The second-order valence-electron chi connectivity index (χ2n) is 4.27. The molecule has 4 nitrogen and oxygen atoms in total. The minimum absolute atomic E-state index is 0.0246. The fourth-order valence-corrected chi connectivity index (χ4v) is 5.10. The number of aromatic nitrogens is 1. The number of aromatic amines is 1. The molecule has 2 N–H and O–H groups in total. The molecule has 0 aliphatic heterocycles. The molecule has 1 atom stereocenters. The van der Waals surface area contributed by atoms with Crippen molar-refractivity contribution in [3.05, 3.63) is 53.5 Å². The molecule has 0 radical (unpaired) electrons. The molecule has 0 fully saturated rings. The van der Waals surface area contributed by atoms with E-state index in [4.69, 9.17) is 4.42 Å². The monoisotopic (exact) mass is 416 g/mol. The molecule has 7 heteroatoms. The van der Waals surface area contributed by atoms with E-state index in [1.54, 1.807) is 11.3 Å². The first-order valence-electron chi connectivity index (χ1n) is 5.83. The highest BCUT2D eigenvalue weighted by Crippen LogP contribution is 2.38. The fraction of sp³-hybridized carbons (Fsp3) is 0.154. The first-order valence-corrected chi connectivity index (χ1v) is 8.23. The van der Waals surface area contributed by atoms with Crippen LogP contribution in [0.5, 0.6) is 0 Å². The number of hydrogen-bond acceptors (Lipinski definition) is 4. The normalized spacial score (nSPS) is 12.9. The van der Waals surface area contributed by atoms with Crippen LogP contribution in [0.25, 0.3) is 11.1 Å². The zero-order valence-corrected chi connectivity index (χ0v) is 14.4. The molecule has 3 rings (SSSR count). The van der Waals surface area contributed by atoms with Gasteiger partial charge in [0, 0.05) is 0 Å². The van der Waals surface area contributed by atoms with Crippen molar-refractivity contribution in [1.82, 2.24) is 10.3 Å². The van der Waals surface area contributed by atoms with Gasteiger partial charge < -0.3 is 9.73 Å². The lowest BCUT2D eigenvalue weighted by Crippen LogP contribution is -2.17. The largest absolute Gasteiger partial charge is 0.417 e. The van der Waals surface area contributed by atoms with Gasteiger partial charge >= 0.3 is 5.76 Å². The van der Waals surface area contributed by atoms with Crippen LogP contribution >= 0.6 is 43.2 Å². The molecule has 0 bridgehead atoms. The van der Waals surface area contributed by atoms with Crippen LogP contribution in [0.4, 0.5) is 0 Å². The predicted molar refractivity (Wildman–Crippen MR) is 87.5 cm³/mol. The predicted octanol–water partition coefficient (Wildman–Crippen LogP) is 4.02.